The van der Waals surface area contributed by atoms with Gasteiger partial charge in [-0.2, -0.15) is 0 Å². The van der Waals surface area contributed by atoms with Crippen molar-refractivity contribution in [3.05, 3.63) is 67.5 Å². The smallest absolute Gasteiger partial charge is 0.330 e. The zero-order valence-corrected chi connectivity index (χ0v) is 17.2. The number of methoxy groups -OCH3 is 1. The molecule has 2 aromatic rings. The van der Waals surface area contributed by atoms with Gasteiger partial charge in [0.2, 0.25) is 0 Å². The van der Waals surface area contributed by atoms with Gasteiger partial charge in [0.1, 0.15) is 5.82 Å². The molecular formula is C21H23N3O4S. The highest BCUT2D eigenvalue weighted by molar-refractivity contribution is 7.98. The van der Waals surface area contributed by atoms with E-state index in [1.165, 1.54) is 4.57 Å². The molecule has 0 amide bonds. The molecule has 4 rings (SSSR count). The Morgan fingerprint density at radius 3 is 2.62 bits per heavy atom. The number of allylic oxidation sites excluding steroid dienone is 2. The van der Waals surface area contributed by atoms with E-state index in [0.29, 0.717) is 42.9 Å². The number of nitrogens with one attached hydrogen (secondary N) is 2. The number of anilines is 1. The van der Waals surface area contributed by atoms with Crippen molar-refractivity contribution in [2.24, 2.45) is 0 Å². The number of ketones is 1. The van der Waals surface area contributed by atoms with Crippen molar-refractivity contribution in [2.45, 2.75) is 36.6 Å². The maximum atomic E-state index is 12.9. The molecule has 1 atom stereocenters. The molecule has 29 heavy (non-hydrogen) atoms. The number of H-pyrrole nitrogens is 1. The number of benzene rings is 1. The van der Waals surface area contributed by atoms with E-state index in [0.717, 1.165) is 22.6 Å². The molecule has 7 nitrogen and oxygen atoms in total. The SMILES string of the molecule is COCCn1c2c(c(=O)[nH]c1=O)C(c1ccc(SC)cc1)C1=C(CCCC1=O)N2. The Morgan fingerprint density at radius 2 is 1.93 bits per heavy atom. The third-order valence-corrected chi connectivity index (χ3v) is 6.25. The van der Waals surface area contributed by atoms with Crippen LogP contribution in [0, 0.1) is 0 Å². The largest absolute Gasteiger partial charge is 0.383 e. The zero-order valence-electron chi connectivity index (χ0n) is 16.4. The van der Waals surface area contributed by atoms with Crippen LogP contribution in [-0.4, -0.2) is 35.3 Å². The fourth-order valence-corrected chi connectivity index (χ4v) is 4.54. The maximum absolute atomic E-state index is 12.9. The van der Waals surface area contributed by atoms with Gasteiger partial charge in [-0.1, -0.05) is 12.1 Å². The molecule has 2 aliphatic rings. The number of hydrogen-bond donors (Lipinski definition) is 2. The van der Waals surface area contributed by atoms with Gasteiger partial charge < -0.3 is 10.1 Å². The minimum Gasteiger partial charge on any atom is -0.383 e. The number of ether oxygens (including phenoxy) is 1. The van der Waals surface area contributed by atoms with Gasteiger partial charge in [0.05, 0.1) is 18.7 Å². The minimum absolute atomic E-state index is 0.0531. The van der Waals surface area contributed by atoms with E-state index in [1.54, 1.807) is 18.9 Å². The number of hydrogen-bond acceptors (Lipinski definition) is 6. The molecule has 1 aromatic carbocycles. The molecule has 0 saturated heterocycles. The lowest BCUT2D eigenvalue weighted by atomic mass is 9.76. The number of Topliss-reactive ketones (excluding diaryl/α,β-unsaturated/α-hetero) is 1. The van der Waals surface area contributed by atoms with Crippen LogP contribution in [0.15, 0.2) is 50.0 Å². The van der Waals surface area contributed by atoms with Gasteiger partial charge in [-0.25, -0.2) is 4.79 Å². The van der Waals surface area contributed by atoms with E-state index in [4.69, 9.17) is 4.74 Å². The first-order chi connectivity index (χ1) is 14.0. The lowest BCUT2D eigenvalue weighted by Gasteiger charge is -2.34. The highest BCUT2D eigenvalue weighted by Gasteiger charge is 2.38. The van der Waals surface area contributed by atoms with Gasteiger partial charge in [0.15, 0.2) is 5.78 Å². The predicted molar refractivity (Wildman–Crippen MR) is 113 cm³/mol. The highest BCUT2D eigenvalue weighted by Crippen LogP contribution is 2.43. The first kappa shape index (κ1) is 19.7. The number of rotatable bonds is 5. The summed E-state index contributed by atoms with van der Waals surface area (Å²) >= 11 is 1.63. The quantitative estimate of drug-likeness (QED) is 0.732. The number of thioether (sulfide) groups is 1. The molecule has 0 fully saturated rings. The maximum Gasteiger partial charge on any atom is 0.330 e. The molecule has 1 aliphatic carbocycles. The number of fused-ring (bicyclic) bond motifs is 1. The van der Waals surface area contributed by atoms with Crippen LogP contribution in [0.2, 0.25) is 0 Å². The molecule has 1 aliphatic heterocycles. The summed E-state index contributed by atoms with van der Waals surface area (Å²) in [5.41, 5.74) is 1.78. The van der Waals surface area contributed by atoms with Crippen LogP contribution in [0.25, 0.3) is 0 Å². The van der Waals surface area contributed by atoms with E-state index in [2.05, 4.69) is 10.3 Å². The number of carbonyl (C=O) groups is 1. The summed E-state index contributed by atoms with van der Waals surface area (Å²) in [5.74, 6) is 0.0173. The molecule has 0 bridgehead atoms. The fourth-order valence-electron chi connectivity index (χ4n) is 4.13. The highest BCUT2D eigenvalue weighted by atomic mass is 32.2. The Labute approximate surface area is 172 Å². The Morgan fingerprint density at radius 1 is 1.17 bits per heavy atom. The molecule has 1 unspecified atom stereocenters. The molecule has 152 valence electrons. The number of carbonyl (C=O) groups excluding carboxylic acids is 1. The van der Waals surface area contributed by atoms with Gasteiger partial charge in [-0.05, 0) is 36.8 Å². The van der Waals surface area contributed by atoms with Crippen LogP contribution in [0.4, 0.5) is 5.82 Å². The van der Waals surface area contributed by atoms with Crippen LogP contribution >= 0.6 is 11.8 Å². The fraction of sp³-hybridized carbons (Fsp3) is 0.381. The van der Waals surface area contributed by atoms with Crippen molar-refractivity contribution in [1.29, 1.82) is 0 Å². The monoisotopic (exact) mass is 413 g/mol. The summed E-state index contributed by atoms with van der Waals surface area (Å²) in [7, 11) is 1.56. The summed E-state index contributed by atoms with van der Waals surface area (Å²) < 4.78 is 6.63. The summed E-state index contributed by atoms with van der Waals surface area (Å²) in [6.45, 7) is 0.633. The van der Waals surface area contributed by atoms with Crippen molar-refractivity contribution in [1.82, 2.24) is 9.55 Å². The van der Waals surface area contributed by atoms with Crippen molar-refractivity contribution >= 4 is 23.4 Å². The second-order valence-corrected chi connectivity index (χ2v) is 8.05. The lowest BCUT2D eigenvalue weighted by molar-refractivity contribution is -0.116. The number of nitrogens with zero attached hydrogens (tertiary/aromatic N) is 1. The van der Waals surface area contributed by atoms with E-state index in [9.17, 15) is 14.4 Å². The third kappa shape index (κ3) is 3.47. The molecule has 2 N–H and O–H groups in total. The van der Waals surface area contributed by atoms with Crippen molar-refractivity contribution in [3.63, 3.8) is 0 Å². The number of aromatic nitrogens is 2. The van der Waals surface area contributed by atoms with Crippen LogP contribution in [0.3, 0.4) is 0 Å². The van der Waals surface area contributed by atoms with E-state index in [1.807, 2.05) is 30.5 Å². The Hall–Kier alpha value is -2.58. The van der Waals surface area contributed by atoms with Gasteiger partial charge in [0, 0.05) is 35.6 Å². The molecule has 1 aromatic heterocycles. The number of aromatic amines is 1. The van der Waals surface area contributed by atoms with Gasteiger partial charge in [-0.15, -0.1) is 11.8 Å². The van der Waals surface area contributed by atoms with E-state index >= 15 is 0 Å². The summed E-state index contributed by atoms with van der Waals surface area (Å²) in [6.07, 6.45) is 3.94. The van der Waals surface area contributed by atoms with Crippen LogP contribution in [0.1, 0.15) is 36.3 Å². The minimum atomic E-state index is -0.497. The summed E-state index contributed by atoms with van der Waals surface area (Å²) in [6, 6.07) is 7.90. The van der Waals surface area contributed by atoms with Gasteiger partial charge in [0.25, 0.3) is 5.56 Å². The normalized spacial score (nSPS) is 18.3. The second kappa shape index (κ2) is 8.04. The zero-order chi connectivity index (χ0) is 20.5. The second-order valence-electron chi connectivity index (χ2n) is 7.17. The molecule has 0 radical (unpaired) electrons. The first-order valence-corrected chi connectivity index (χ1v) is 10.8. The van der Waals surface area contributed by atoms with Crippen LogP contribution < -0.4 is 16.6 Å². The van der Waals surface area contributed by atoms with Crippen LogP contribution in [-0.2, 0) is 16.1 Å². The molecule has 0 saturated carbocycles. The standard InChI is InChI=1S/C21H23N3O4S/c1-28-11-10-24-19-18(20(26)23-21(24)27)16(12-6-8-13(29-2)9-7-12)17-14(22-19)4-3-5-15(17)25/h6-9,16,22H,3-5,10-11H2,1-2H3,(H,23,26,27). The van der Waals surface area contributed by atoms with Crippen molar-refractivity contribution in [3.8, 4) is 0 Å². The first-order valence-electron chi connectivity index (χ1n) is 9.58. The van der Waals surface area contributed by atoms with Gasteiger partial charge in [-0.3, -0.25) is 19.1 Å². The predicted octanol–water partition coefficient (Wildman–Crippen LogP) is 2.47. The lowest BCUT2D eigenvalue weighted by Crippen LogP contribution is -2.40. The molecule has 2 heterocycles. The topological polar surface area (TPSA) is 93.2 Å². The average Bonchev–Trinajstić information content (AvgIpc) is 2.72. The van der Waals surface area contributed by atoms with Crippen LogP contribution in [0.5, 0.6) is 0 Å². The Kier molecular flexibility index (Phi) is 5.47. The molecule has 8 heteroatoms. The molecular weight excluding hydrogens is 390 g/mol. The Balaban J connectivity index is 1.97. The molecule has 0 spiro atoms. The van der Waals surface area contributed by atoms with Crippen molar-refractivity contribution < 1.29 is 9.53 Å². The van der Waals surface area contributed by atoms with Gasteiger partial charge >= 0.3 is 5.69 Å². The summed E-state index contributed by atoms with van der Waals surface area (Å²) in [4.78, 5) is 41.8. The van der Waals surface area contributed by atoms with E-state index in [-0.39, 0.29) is 5.78 Å². The summed E-state index contributed by atoms with van der Waals surface area (Å²) in [5, 5.41) is 3.25. The Bertz CT molecular complexity index is 1100. The average molecular weight is 413 g/mol. The van der Waals surface area contributed by atoms with E-state index < -0.39 is 17.2 Å². The third-order valence-electron chi connectivity index (χ3n) is 5.51. The van der Waals surface area contributed by atoms with Crippen molar-refractivity contribution in [2.75, 3.05) is 25.3 Å².